The summed E-state index contributed by atoms with van der Waals surface area (Å²) in [6.45, 7) is 1.53. The van der Waals surface area contributed by atoms with Crippen LogP contribution in [0.4, 0.5) is 4.39 Å². The average molecular weight is 438 g/mol. The van der Waals surface area contributed by atoms with Crippen LogP contribution in [0, 0.1) is 5.82 Å². The summed E-state index contributed by atoms with van der Waals surface area (Å²) in [6.07, 6.45) is 5.67. The minimum atomic E-state index is -0.319. The lowest BCUT2D eigenvalue weighted by molar-refractivity contribution is -0.142. The molecule has 2 heterocycles. The van der Waals surface area contributed by atoms with Gasteiger partial charge >= 0.3 is 0 Å². The lowest BCUT2D eigenvalue weighted by atomic mass is 10.0. The Kier molecular flexibility index (Phi) is 6.85. The number of rotatable bonds is 5. The molecule has 1 fully saturated rings. The van der Waals surface area contributed by atoms with Crippen molar-refractivity contribution in [1.82, 2.24) is 15.1 Å². The van der Waals surface area contributed by atoms with Crippen LogP contribution >= 0.6 is 0 Å². The molecule has 0 aliphatic carbocycles. The number of hydrogen-bond acceptors (Lipinski definition) is 4. The Hall–Kier alpha value is -3.19. The van der Waals surface area contributed by atoms with Gasteiger partial charge in [-0.3, -0.25) is 9.59 Å². The maximum atomic E-state index is 13.5. The van der Waals surface area contributed by atoms with Crippen LogP contribution in [0.15, 0.2) is 60.7 Å². The molecular weight excluding hydrogens is 409 g/mol. The predicted molar refractivity (Wildman–Crippen MR) is 119 cm³/mol. The average Bonchev–Trinajstić information content (AvgIpc) is 3.35. The summed E-state index contributed by atoms with van der Waals surface area (Å²) in [4.78, 5) is 29.8. The molecule has 1 saturated heterocycles. The van der Waals surface area contributed by atoms with E-state index in [9.17, 15) is 14.0 Å². The van der Waals surface area contributed by atoms with Crippen molar-refractivity contribution in [1.29, 1.82) is 0 Å². The summed E-state index contributed by atoms with van der Waals surface area (Å²) in [5.41, 5.74) is 1.76. The highest BCUT2D eigenvalue weighted by atomic mass is 19.1. The number of hydrogen-bond donors (Lipinski definition) is 1. The van der Waals surface area contributed by atoms with Crippen LogP contribution in [-0.2, 0) is 16.1 Å². The standard InChI is InChI=1S/C25H28FN3O3/c1-32-21-12-8-19(9-13-21)23-5-3-15-28(25(31)22-4-2-14-27-22)17-24(30)29(23)16-18-6-10-20(26)11-7-18/h3,5-13,22-23,27H,2,4,14-17H2,1H3/b5-3-/t22-,23+/m0/s1. The number of carbonyl (C=O) groups excluding carboxylic acids is 2. The van der Waals surface area contributed by atoms with E-state index in [1.807, 2.05) is 36.4 Å². The van der Waals surface area contributed by atoms with Gasteiger partial charge in [-0.1, -0.05) is 36.4 Å². The fraction of sp³-hybridized carbons (Fsp3) is 0.360. The van der Waals surface area contributed by atoms with Crippen molar-refractivity contribution in [3.8, 4) is 5.75 Å². The van der Waals surface area contributed by atoms with E-state index in [1.165, 1.54) is 12.1 Å². The fourth-order valence-electron chi connectivity index (χ4n) is 4.24. The van der Waals surface area contributed by atoms with Crippen LogP contribution in [0.1, 0.15) is 30.0 Å². The zero-order chi connectivity index (χ0) is 22.5. The topological polar surface area (TPSA) is 61.9 Å². The first-order chi connectivity index (χ1) is 15.5. The quantitative estimate of drug-likeness (QED) is 0.731. The maximum absolute atomic E-state index is 13.5. The van der Waals surface area contributed by atoms with Gasteiger partial charge in [0.25, 0.3) is 0 Å². The molecule has 6 nitrogen and oxygen atoms in total. The lowest BCUT2D eigenvalue weighted by Gasteiger charge is -2.35. The second kappa shape index (κ2) is 9.96. The van der Waals surface area contributed by atoms with E-state index < -0.39 is 0 Å². The van der Waals surface area contributed by atoms with Crippen LogP contribution in [-0.4, -0.2) is 54.4 Å². The molecule has 4 rings (SSSR count). The van der Waals surface area contributed by atoms with Gasteiger partial charge in [-0.2, -0.15) is 0 Å². The van der Waals surface area contributed by atoms with E-state index in [1.54, 1.807) is 29.0 Å². The highest BCUT2D eigenvalue weighted by molar-refractivity contribution is 5.88. The van der Waals surface area contributed by atoms with E-state index in [0.717, 1.165) is 36.3 Å². The molecule has 0 unspecified atom stereocenters. The zero-order valence-corrected chi connectivity index (χ0v) is 18.2. The molecule has 2 aromatic rings. The second-order valence-corrected chi connectivity index (χ2v) is 8.16. The van der Waals surface area contributed by atoms with E-state index in [2.05, 4.69) is 5.32 Å². The third kappa shape index (κ3) is 4.99. The normalized spacial score (nSPS) is 22.4. The summed E-state index contributed by atoms with van der Waals surface area (Å²) in [6, 6.07) is 13.2. The van der Waals surface area contributed by atoms with Crippen LogP contribution in [0.2, 0.25) is 0 Å². The largest absolute Gasteiger partial charge is 0.497 e. The Morgan fingerprint density at radius 1 is 1.16 bits per heavy atom. The molecule has 168 valence electrons. The first-order valence-electron chi connectivity index (χ1n) is 10.9. The molecule has 0 bridgehead atoms. The summed E-state index contributed by atoms with van der Waals surface area (Å²) in [5.74, 6) is 0.233. The van der Waals surface area contributed by atoms with Gasteiger partial charge in [0.2, 0.25) is 11.8 Å². The van der Waals surface area contributed by atoms with Gasteiger partial charge in [0.05, 0.1) is 19.2 Å². The van der Waals surface area contributed by atoms with Gasteiger partial charge in [-0.15, -0.1) is 0 Å². The number of benzene rings is 2. The van der Waals surface area contributed by atoms with E-state index >= 15 is 0 Å². The van der Waals surface area contributed by atoms with Crippen molar-refractivity contribution in [2.24, 2.45) is 0 Å². The van der Waals surface area contributed by atoms with E-state index in [-0.39, 0.29) is 36.3 Å². The molecular formula is C25H28FN3O3. The predicted octanol–water partition coefficient (Wildman–Crippen LogP) is 3.05. The van der Waals surface area contributed by atoms with Crippen LogP contribution in [0.3, 0.4) is 0 Å². The van der Waals surface area contributed by atoms with Crippen LogP contribution < -0.4 is 10.1 Å². The summed E-state index contributed by atoms with van der Waals surface area (Å²) < 4.78 is 18.7. The minimum absolute atomic E-state index is 0.00913. The lowest BCUT2D eigenvalue weighted by Crippen LogP contribution is -2.49. The van der Waals surface area contributed by atoms with Crippen molar-refractivity contribution in [3.63, 3.8) is 0 Å². The SMILES string of the molecule is COc1ccc([C@H]2/C=C\CN(C(=O)[C@@H]3CCCN3)CC(=O)N2Cc2ccc(F)cc2)cc1. The van der Waals surface area contributed by atoms with Crippen molar-refractivity contribution < 1.29 is 18.7 Å². The minimum Gasteiger partial charge on any atom is -0.497 e. The number of amides is 2. The molecule has 0 aromatic heterocycles. The third-order valence-corrected chi connectivity index (χ3v) is 6.02. The van der Waals surface area contributed by atoms with Crippen molar-refractivity contribution in [3.05, 3.63) is 77.6 Å². The first kappa shape index (κ1) is 22.0. The zero-order valence-electron chi connectivity index (χ0n) is 18.2. The molecule has 1 N–H and O–H groups in total. The molecule has 2 atom stereocenters. The Labute approximate surface area is 187 Å². The van der Waals surface area contributed by atoms with E-state index in [0.29, 0.717) is 13.1 Å². The molecule has 7 heteroatoms. The third-order valence-electron chi connectivity index (χ3n) is 6.02. The molecule has 0 saturated carbocycles. The number of ether oxygens (including phenoxy) is 1. The highest BCUT2D eigenvalue weighted by Crippen LogP contribution is 2.28. The Balaban J connectivity index is 1.63. The summed E-state index contributed by atoms with van der Waals surface area (Å²) in [7, 11) is 1.61. The first-order valence-corrected chi connectivity index (χ1v) is 10.9. The van der Waals surface area contributed by atoms with Gasteiger partial charge in [-0.25, -0.2) is 4.39 Å². The summed E-state index contributed by atoms with van der Waals surface area (Å²) >= 11 is 0. The van der Waals surface area contributed by atoms with Gasteiger partial charge in [0.1, 0.15) is 18.1 Å². The van der Waals surface area contributed by atoms with Gasteiger partial charge in [0.15, 0.2) is 0 Å². The highest BCUT2D eigenvalue weighted by Gasteiger charge is 2.32. The second-order valence-electron chi connectivity index (χ2n) is 8.16. The van der Waals surface area contributed by atoms with E-state index in [4.69, 9.17) is 4.74 Å². The smallest absolute Gasteiger partial charge is 0.243 e. The number of nitrogens with zero attached hydrogens (tertiary/aromatic N) is 2. The number of methoxy groups -OCH3 is 1. The molecule has 0 spiro atoms. The molecule has 2 aliphatic rings. The van der Waals surface area contributed by atoms with Crippen LogP contribution in [0.25, 0.3) is 0 Å². The van der Waals surface area contributed by atoms with Crippen molar-refractivity contribution >= 4 is 11.8 Å². The molecule has 0 radical (unpaired) electrons. The Morgan fingerprint density at radius 2 is 1.91 bits per heavy atom. The molecule has 2 aromatic carbocycles. The summed E-state index contributed by atoms with van der Waals surface area (Å²) in [5, 5.41) is 3.22. The van der Waals surface area contributed by atoms with Gasteiger partial charge in [-0.05, 0) is 54.8 Å². The maximum Gasteiger partial charge on any atom is 0.243 e. The van der Waals surface area contributed by atoms with Crippen molar-refractivity contribution in [2.45, 2.75) is 31.5 Å². The number of carbonyl (C=O) groups is 2. The number of nitrogens with one attached hydrogen (secondary N) is 1. The monoisotopic (exact) mass is 437 g/mol. The fourth-order valence-corrected chi connectivity index (χ4v) is 4.24. The number of halogens is 1. The molecule has 32 heavy (non-hydrogen) atoms. The Morgan fingerprint density at radius 3 is 2.56 bits per heavy atom. The molecule has 2 aliphatic heterocycles. The van der Waals surface area contributed by atoms with Gasteiger partial charge in [0, 0.05) is 13.1 Å². The molecule has 2 amide bonds. The van der Waals surface area contributed by atoms with Crippen LogP contribution in [0.5, 0.6) is 5.75 Å². The van der Waals surface area contributed by atoms with Crippen molar-refractivity contribution in [2.75, 3.05) is 26.7 Å². The van der Waals surface area contributed by atoms with Gasteiger partial charge < -0.3 is 19.9 Å². The Bertz CT molecular complexity index is 969.